The van der Waals surface area contributed by atoms with Gasteiger partial charge in [0.2, 0.25) is 0 Å². The molecule has 3 aromatic carbocycles. The highest BCUT2D eigenvalue weighted by Gasteiger charge is 2.32. The molecule has 0 aliphatic carbocycles. The molecule has 0 radical (unpaired) electrons. The maximum absolute atomic E-state index is 13.0. The van der Waals surface area contributed by atoms with Crippen molar-refractivity contribution in [2.45, 2.75) is 25.2 Å². The molecular weight excluding hydrogens is 439 g/mol. The Labute approximate surface area is 190 Å². The molecule has 0 bridgehead atoms. The molecule has 7 heteroatoms. The molecule has 0 unspecified atom stereocenters. The largest absolute Gasteiger partial charge is 0.493 e. The molecule has 0 saturated heterocycles. The SMILES string of the molecule is COc1cc2c(cc1OC)[C@@H](c1cccc(Cl)c1)N(Cc1ccc(C(F)(F)F)cc1)CC2. The summed E-state index contributed by atoms with van der Waals surface area (Å²) in [4.78, 5) is 2.25. The van der Waals surface area contributed by atoms with E-state index in [4.69, 9.17) is 21.1 Å². The molecule has 0 saturated carbocycles. The van der Waals surface area contributed by atoms with Crippen LogP contribution < -0.4 is 9.47 Å². The highest BCUT2D eigenvalue weighted by molar-refractivity contribution is 6.30. The number of fused-ring (bicyclic) bond motifs is 1. The third-order valence-corrected chi connectivity index (χ3v) is 6.04. The molecule has 1 atom stereocenters. The van der Waals surface area contributed by atoms with Gasteiger partial charge in [-0.3, -0.25) is 4.90 Å². The van der Waals surface area contributed by atoms with E-state index in [1.54, 1.807) is 26.4 Å². The van der Waals surface area contributed by atoms with Crippen molar-refractivity contribution in [1.29, 1.82) is 0 Å². The van der Waals surface area contributed by atoms with Crippen LogP contribution >= 0.6 is 11.6 Å². The van der Waals surface area contributed by atoms with Gasteiger partial charge in [-0.1, -0.05) is 35.9 Å². The quantitative estimate of drug-likeness (QED) is 0.431. The number of hydrogen-bond donors (Lipinski definition) is 0. The fourth-order valence-electron chi connectivity index (χ4n) is 4.27. The van der Waals surface area contributed by atoms with E-state index in [0.717, 1.165) is 47.4 Å². The summed E-state index contributed by atoms with van der Waals surface area (Å²) in [5.41, 5.74) is 3.40. The lowest BCUT2D eigenvalue weighted by atomic mass is 9.87. The standard InChI is InChI=1S/C25H23ClF3NO2/c1-31-22-13-17-10-11-30(15-16-6-8-19(9-7-16)25(27,28)29)24(21(17)14-23(22)32-2)18-4-3-5-20(26)12-18/h3-9,12-14,24H,10-11,15H2,1-2H3/t24-/m1/s1. The number of nitrogens with zero attached hydrogens (tertiary/aromatic N) is 1. The molecule has 32 heavy (non-hydrogen) atoms. The van der Waals surface area contributed by atoms with E-state index in [-0.39, 0.29) is 6.04 Å². The predicted octanol–water partition coefficient (Wildman–Crippen LogP) is 6.52. The van der Waals surface area contributed by atoms with Gasteiger partial charge in [0.05, 0.1) is 25.8 Å². The van der Waals surface area contributed by atoms with Crippen LogP contribution in [0.3, 0.4) is 0 Å². The Balaban J connectivity index is 1.74. The van der Waals surface area contributed by atoms with Crippen molar-refractivity contribution in [1.82, 2.24) is 4.90 Å². The molecule has 1 aliphatic rings. The number of alkyl halides is 3. The molecule has 3 nitrogen and oxygen atoms in total. The first-order chi connectivity index (χ1) is 15.3. The van der Waals surface area contributed by atoms with Crippen LogP contribution in [0.2, 0.25) is 5.02 Å². The summed E-state index contributed by atoms with van der Waals surface area (Å²) in [5.74, 6) is 1.31. The monoisotopic (exact) mass is 461 g/mol. The van der Waals surface area contributed by atoms with Crippen molar-refractivity contribution >= 4 is 11.6 Å². The normalized spacial score (nSPS) is 16.5. The Kier molecular flexibility index (Phi) is 6.35. The van der Waals surface area contributed by atoms with Crippen molar-refractivity contribution in [2.24, 2.45) is 0 Å². The van der Waals surface area contributed by atoms with E-state index in [2.05, 4.69) is 4.90 Å². The lowest BCUT2D eigenvalue weighted by molar-refractivity contribution is -0.137. The van der Waals surface area contributed by atoms with Gasteiger partial charge in [0.25, 0.3) is 0 Å². The first kappa shape index (κ1) is 22.5. The highest BCUT2D eigenvalue weighted by Crippen LogP contribution is 2.42. The van der Waals surface area contributed by atoms with Crippen LogP contribution in [0.25, 0.3) is 0 Å². The van der Waals surface area contributed by atoms with Crippen molar-refractivity contribution in [3.8, 4) is 11.5 Å². The number of methoxy groups -OCH3 is 2. The fraction of sp³-hybridized carbons (Fsp3) is 0.280. The third-order valence-electron chi connectivity index (χ3n) is 5.80. The van der Waals surface area contributed by atoms with Gasteiger partial charge in [0.1, 0.15) is 0 Å². The summed E-state index contributed by atoms with van der Waals surface area (Å²) in [5, 5.41) is 0.629. The predicted molar refractivity (Wildman–Crippen MR) is 118 cm³/mol. The van der Waals surface area contributed by atoms with Crippen LogP contribution in [0.1, 0.15) is 33.9 Å². The summed E-state index contributed by atoms with van der Waals surface area (Å²) < 4.78 is 49.9. The second-order valence-electron chi connectivity index (χ2n) is 7.78. The van der Waals surface area contributed by atoms with E-state index < -0.39 is 11.7 Å². The minimum absolute atomic E-state index is 0.125. The first-order valence-electron chi connectivity index (χ1n) is 10.2. The number of rotatable bonds is 5. The van der Waals surface area contributed by atoms with E-state index in [1.165, 1.54) is 0 Å². The Bertz CT molecular complexity index is 1100. The average Bonchev–Trinajstić information content (AvgIpc) is 2.77. The first-order valence-corrected chi connectivity index (χ1v) is 10.6. The number of benzene rings is 3. The van der Waals surface area contributed by atoms with Gasteiger partial charge in [0.15, 0.2) is 11.5 Å². The molecule has 1 aliphatic heterocycles. The van der Waals surface area contributed by atoms with E-state index in [1.807, 2.05) is 36.4 Å². The van der Waals surface area contributed by atoms with Gasteiger partial charge in [-0.15, -0.1) is 0 Å². The molecule has 1 heterocycles. The van der Waals surface area contributed by atoms with Crippen molar-refractivity contribution in [2.75, 3.05) is 20.8 Å². The molecule has 0 spiro atoms. The number of ether oxygens (including phenoxy) is 2. The van der Waals surface area contributed by atoms with E-state index in [9.17, 15) is 13.2 Å². The number of hydrogen-bond acceptors (Lipinski definition) is 3. The molecule has 0 aromatic heterocycles. The summed E-state index contributed by atoms with van der Waals surface area (Å²) in [6, 6.07) is 16.9. The average molecular weight is 462 g/mol. The van der Waals surface area contributed by atoms with Crippen LogP contribution in [0, 0.1) is 0 Å². The molecule has 0 N–H and O–H groups in total. The van der Waals surface area contributed by atoms with Gasteiger partial charge < -0.3 is 9.47 Å². The lowest BCUT2D eigenvalue weighted by Crippen LogP contribution is -2.35. The topological polar surface area (TPSA) is 21.7 Å². The van der Waals surface area contributed by atoms with Crippen LogP contribution in [-0.2, 0) is 19.1 Å². The lowest BCUT2D eigenvalue weighted by Gasteiger charge is -2.38. The smallest absolute Gasteiger partial charge is 0.416 e. The molecule has 4 rings (SSSR count). The van der Waals surface area contributed by atoms with Gasteiger partial charge in [-0.2, -0.15) is 13.2 Å². The number of halogens is 4. The summed E-state index contributed by atoms with van der Waals surface area (Å²) >= 11 is 6.30. The van der Waals surface area contributed by atoms with Crippen molar-refractivity contribution < 1.29 is 22.6 Å². The Morgan fingerprint density at radius 2 is 1.66 bits per heavy atom. The van der Waals surface area contributed by atoms with E-state index in [0.29, 0.717) is 23.1 Å². The summed E-state index contributed by atoms with van der Waals surface area (Å²) in [6.45, 7) is 1.24. The Morgan fingerprint density at radius 1 is 0.969 bits per heavy atom. The van der Waals surface area contributed by atoms with Crippen LogP contribution in [0.5, 0.6) is 11.5 Å². The zero-order valence-electron chi connectivity index (χ0n) is 17.7. The fourth-order valence-corrected chi connectivity index (χ4v) is 4.47. The maximum atomic E-state index is 13.0. The van der Waals surface area contributed by atoms with Crippen LogP contribution in [-0.4, -0.2) is 25.7 Å². The minimum atomic E-state index is -4.35. The Hall–Kier alpha value is -2.70. The second kappa shape index (κ2) is 9.04. The molecule has 168 valence electrons. The zero-order valence-corrected chi connectivity index (χ0v) is 18.5. The van der Waals surface area contributed by atoms with Crippen LogP contribution in [0.15, 0.2) is 60.7 Å². The van der Waals surface area contributed by atoms with Gasteiger partial charge in [0, 0.05) is 18.1 Å². The van der Waals surface area contributed by atoms with Crippen molar-refractivity contribution in [3.05, 3.63) is 93.5 Å². The van der Waals surface area contributed by atoms with E-state index >= 15 is 0 Å². The zero-order chi connectivity index (χ0) is 22.9. The van der Waals surface area contributed by atoms with Gasteiger partial charge in [-0.05, 0) is 65.1 Å². The van der Waals surface area contributed by atoms with Crippen LogP contribution in [0.4, 0.5) is 13.2 Å². The van der Waals surface area contributed by atoms with Gasteiger partial charge >= 0.3 is 6.18 Å². The minimum Gasteiger partial charge on any atom is -0.493 e. The van der Waals surface area contributed by atoms with Crippen molar-refractivity contribution in [3.63, 3.8) is 0 Å². The maximum Gasteiger partial charge on any atom is 0.416 e. The summed E-state index contributed by atoms with van der Waals surface area (Å²) in [7, 11) is 3.21. The Morgan fingerprint density at radius 3 is 2.28 bits per heavy atom. The molecular formula is C25H23ClF3NO2. The second-order valence-corrected chi connectivity index (χ2v) is 8.22. The highest BCUT2D eigenvalue weighted by atomic mass is 35.5. The van der Waals surface area contributed by atoms with Gasteiger partial charge in [-0.25, -0.2) is 0 Å². The molecule has 3 aromatic rings. The summed E-state index contributed by atoms with van der Waals surface area (Å²) in [6.07, 6.45) is -3.56. The molecule has 0 amide bonds. The third kappa shape index (κ3) is 4.57. The molecule has 0 fully saturated rings.